The van der Waals surface area contributed by atoms with Crippen LogP contribution in [0.25, 0.3) is 10.9 Å². The molecule has 0 saturated carbocycles. The number of fused-ring (bicyclic) bond motifs is 1. The number of hydrogen-bond acceptors (Lipinski definition) is 1. The van der Waals surface area contributed by atoms with Crippen LogP contribution < -0.4 is 0 Å². The zero-order chi connectivity index (χ0) is 17.2. The minimum absolute atomic E-state index is 0.620. The van der Waals surface area contributed by atoms with E-state index in [2.05, 4.69) is 64.1 Å². The van der Waals surface area contributed by atoms with Crippen LogP contribution in [0.1, 0.15) is 52.7 Å². The summed E-state index contributed by atoms with van der Waals surface area (Å²) in [5.41, 5.74) is 8.34. The number of nitriles is 1. The van der Waals surface area contributed by atoms with Crippen molar-refractivity contribution in [2.24, 2.45) is 0 Å². The monoisotopic (exact) mass is 322 g/mol. The predicted molar refractivity (Wildman–Crippen MR) is 101 cm³/mol. The van der Waals surface area contributed by atoms with Gasteiger partial charge < -0.3 is 4.98 Å². The topological polar surface area (TPSA) is 39.6 Å². The molecule has 0 radical (unpaired) electrons. The quantitative estimate of drug-likeness (QED) is 0.579. The van der Waals surface area contributed by atoms with E-state index in [0.717, 1.165) is 16.5 Å². The van der Waals surface area contributed by atoms with E-state index >= 15 is 0 Å². The van der Waals surface area contributed by atoms with Crippen LogP contribution in [-0.2, 0) is 0 Å². The highest BCUT2D eigenvalue weighted by molar-refractivity contribution is 6.90. The summed E-state index contributed by atoms with van der Waals surface area (Å²) in [6, 6.07) is 7.93. The van der Waals surface area contributed by atoms with Gasteiger partial charge in [-0.15, -0.1) is 5.54 Å². The maximum absolute atomic E-state index is 9.11. The lowest BCUT2D eigenvalue weighted by molar-refractivity contribution is 0.838. The molecule has 0 bridgehead atoms. The molecule has 0 fully saturated rings. The molecular weight excluding hydrogens is 296 g/mol. The first-order valence-corrected chi connectivity index (χ1v) is 10.6. The molecule has 0 atom stereocenters. The van der Waals surface area contributed by atoms with Gasteiger partial charge in [-0.3, -0.25) is 0 Å². The SMILES string of the molecule is CC(C)[Si](C#Cc1c[nH]c2ccc(C#N)cc12)(C(C)C)C(C)C. The third kappa shape index (κ3) is 3.07. The second kappa shape index (κ2) is 6.65. The molecule has 0 spiro atoms. The Labute approximate surface area is 140 Å². The molecule has 2 nitrogen and oxygen atoms in total. The van der Waals surface area contributed by atoms with Crippen LogP contribution in [0.2, 0.25) is 16.6 Å². The van der Waals surface area contributed by atoms with Crippen molar-refractivity contribution in [2.45, 2.75) is 58.2 Å². The molecule has 1 aromatic heterocycles. The highest BCUT2D eigenvalue weighted by Gasteiger charge is 2.41. The van der Waals surface area contributed by atoms with Gasteiger partial charge in [-0.2, -0.15) is 5.26 Å². The Morgan fingerprint density at radius 1 is 1.00 bits per heavy atom. The lowest BCUT2D eigenvalue weighted by Gasteiger charge is -2.38. The summed E-state index contributed by atoms with van der Waals surface area (Å²) in [6.07, 6.45) is 1.97. The predicted octanol–water partition coefficient (Wildman–Crippen LogP) is 5.61. The van der Waals surface area contributed by atoms with Crippen LogP contribution in [0.5, 0.6) is 0 Å². The fraction of sp³-hybridized carbons (Fsp3) is 0.450. The number of aromatic nitrogens is 1. The fourth-order valence-corrected chi connectivity index (χ4v) is 9.12. The summed E-state index contributed by atoms with van der Waals surface area (Å²) >= 11 is 0. The van der Waals surface area contributed by atoms with Crippen molar-refractivity contribution >= 4 is 19.0 Å². The summed E-state index contributed by atoms with van der Waals surface area (Å²) in [6.45, 7) is 13.9. The van der Waals surface area contributed by atoms with Crippen molar-refractivity contribution in [3.63, 3.8) is 0 Å². The molecule has 1 N–H and O–H groups in total. The van der Waals surface area contributed by atoms with Crippen molar-refractivity contribution in [3.8, 4) is 17.5 Å². The lowest BCUT2D eigenvalue weighted by atomic mass is 10.1. The molecule has 0 saturated heterocycles. The largest absolute Gasteiger partial charge is 0.360 e. The summed E-state index contributed by atoms with van der Waals surface area (Å²) in [5, 5.41) is 10.2. The third-order valence-corrected chi connectivity index (χ3v) is 11.4. The van der Waals surface area contributed by atoms with Gasteiger partial charge in [0.15, 0.2) is 0 Å². The molecule has 0 amide bonds. The summed E-state index contributed by atoms with van der Waals surface area (Å²) < 4.78 is 0. The van der Waals surface area contributed by atoms with Gasteiger partial charge in [0.25, 0.3) is 0 Å². The van der Waals surface area contributed by atoms with E-state index in [0.29, 0.717) is 22.2 Å². The van der Waals surface area contributed by atoms with Crippen LogP contribution in [-0.4, -0.2) is 13.1 Å². The standard InChI is InChI=1S/C20H26N2Si/c1-14(2)23(15(3)4,16(5)6)10-9-18-13-22-20-8-7-17(12-21)11-19(18)20/h7-8,11,13-16,22H,1-6H3. The van der Waals surface area contributed by atoms with E-state index in [1.54, 1.807) is 0 Å². The van der Waals surface area contributed by atoms with Gasteiger partial charge in [-0.25, -0.2) is 0 Å². The Kier molecular flexibility index (Phi) is 5.02. The van der Waals surface area contributed by atoms with Crippen molar-refractivity contribution in [1.29, 1.82) is 5.26 Å². The first-order chi connectivity index (χ1) is 10.8. The Balaban J connectivity index is 2.57. The first-order valence-electron chi connectivity index (χ1n) is 8.37. The molecule has 2 aromatic rings. The number of nitrogens with one attached hydrogen (secondary N) is 1. The smallest absolute Gasteiger partial charge is 0.146 e. The van der Waals surface area contributed by atoms with E-state index in [4.69, 9.17) is 5.26 Å². The van der Waals surface area contributed by atoms with Gasteiger partial charge in [0.2, 0.25) is 0 Å². The highest BCUT2D eigenvalue weighted by Crippen LogP contribution is 2.40. The van der Waals surface area contributed by atoms with E-state index in [1.807, 2.05) is 24.4 Å². The van der Waals surface area contributed by atoms with Gasteiger partial charge >= 0.3 is 0 Å². The molecule has 3 heteroatoms. The van der Waals surface area contributed by atoms with Gasteiger partial charge in [-0.1, -0.05) is 47.5 Å². The lowest BCUT2D eigenvalue weighted by Crippen LogP contribution is -2.43. The van der Waals surface area contributed by atoms with Crippen LogP contribution in [0, 0.1) is 22.8 Å². The van der Waals surface area contributed by atoms with Crippen molar-refractivity contribution < 1.29 is 0 Å². The molecule has 0 aliphatic carbocycles. The van der Waals surface area contributed by atoms with Crippen molar-refractivity contribution in [1.82, 2.24) is 4.98 Å². The van der Waals surface area contributed by atoms with E-state index in [9.17, 15) is 0 Å². The molecule has 120 valence electrons. The minimum Gasteiger partial charge on any atom is -0.360 e. The zero-order valence-electron chi connectivity index (χ0n) is 15.0. The highest BCUT2D eigenvalue weighted by atomic mass is 28.3. The van der Waals surface area contributed by atoms with Crippen LogP contribution in [0.15, 0.2) is 24.4 Å². The van der Waals surface area contributed by atoms with E-state index in [1.165, 1.54) is 0 Å². The first kappa shape index (κ1) is 17.4. The Morgan fingerprint density at radius 2 is 1.61 bits per heavy atom. The summed E-state index contributed by atoms with van der Waals surface area (Å²) in [5.74, 6) is 3.47. The second-order valence-corrected chi connectivity index (χ2v) is 12.8. The van der Waals surface area contributed by atoms with Crippen LogP contribution >= 0.6 is 0 Å². The van der Waals surface area contributed by atoms with Crippen LogP contribution in [0.3, 0.4) is 0 Å². The van der Waals surface area contributed by atoms with E-state index < -0.39 is 8.07 Å². The van der Waals surface area contributed by atoms with E-state index in [-0.39, 0.29) is 0 Å². The zero-order valence-corrected chi connectivity index (χ0v) is 16.0. The number of aromatic amines is 1. The Morgan fingerprint density at radius 3 is 2.13 bits per heavy atom. The second-order valence-electron chi connectivity index (χ2n) is 7.22. The van der Waals surface area contributed by atoms with Gasteiger partial charge in [0.1, 0.15) is 8.07 Å². The van der Waals surface area contributed by atoms with Crippen molar-refractivity contribution in [2.75, 3.05) is 0 Å². The number of nitrogens with zero attached hydrogens (tertiary/aromatic N) is 1. The molecule has 1 aromatic carbocycles. The Bertz CT molecular complexity index is 773. The molecule has 1 heterocycles. The summed E-state index contributed by atoms with van der Waals surface area (Å²) in [7, 11) is -1.73. The van der Waals surface area contributed by atoms with Crippen LogP contribution in [0.4, 0.5) is 0 Å². The third-order valence-electron chi connectivity index (χ3n) is 5.09. The maximum Gasteiger partial charge on any atom is 0.146 e. The van der Waals surface area contributed by atoms with Gasteiger partial charge in [0, 0.05) is 22.7 Å². The normalized spacial score (nSPS) is 11.8. The van der Waals surface area contributed by atoms with Gasteiger partial charge in [0.05, 0.1) is 11.6 Å². The molecular formula is C20H26N2Si. The molecule has 0 unspecified atom stereocenters. The molecule has 2 rings (SSSR count). The molecule has 23 heavy (non-hydrogen) atoms. The van der Waals surface area contributed by atoms with Crippen molar-refractivity contribution in [3.05, 3.63) is 35.5 Å². The maximum atomic E-state index is 9.11. The molecule has 0 aliphatic heterocycles. The number of benzene rings is 1. The molecule has 0 aliphatic rings. The fourth-order valence-electron chi connectivity index (χ4n) is 3.90. The van der Waals surface area contributed by atoms with Gasteiger partial charge in [-0.05, 0) is 34.8 Å². The minimum atomic E-state index is -1.73. The number of rotatable bonds is 3. The Hall–Kier alpha value is -1.97. The number of hydrogen-bond donors (Lipinski definition) is 1. The average molecular weight is 323 g/mol. The number of H-pyrrole nitrogens is 1. The average Bonchev–Trinajstić information content (AvgIpc) is 2.89. The summed E-state index contributed by atoms with van der Waals surface area (Å²) in [4.78, 5) is 3.27.